The topological polar surface area (TPSA) is 89.8 Å². The van der Waals surface area contributed by atoms with Crippen LogP contribution in [0.15, 0.2) is 41.0 Å². The van der Waals surface area contributed by atoms with Crippen LogP contribution in [0.2, 0.25) is 0 Å². The first kappa shape index (κ1) is 18.4. The van der Waals surface area contributed by atoms with Gasteiger partial charge in [-0.25, -0.2) is 0 Å². The average molecular weight is 384 g/mol. The van der Waals surface area contributed by atoms with Crippen molar-refractivity contribution in [1.29, 1.82) is 0 Å². The van der Waals surface area contributed by atoms with Gasteiger partial charge in [-0.05, 0) is 49.1 Å². The van der Waals surface area contributed by atoms with Crippen LogP contribution in [-0.4, -0.2) is 30.7 Å². The molecule has 0 aliphatic carbocycles. The van der Waals surface area contributed by atoms with Gasteiger partial charge < -0.3 is 24.5 Å². The van der Waals surface area contributed by atoms with Crippen molar-refractivity contribution in [1.82, 2.24) is 10.6 Å². The average Bonchev–Trinajstić information content (AvgIpc) is 3.42. The van der Waals surface area contributed by atoms with Crippen LogP contribution in [0, 0.1) is 0 Å². The van der Waals surface area contributed by atoms with Crippen LogP contribution in [0.3, 0.4) is 0 Å². The Labute approximate surface area is 163 Å². The van der Waals surface area contributed by atoms with Gasteiger partial charge >= 0.3 is 0 Å². The molecule has 1 saturated heterocycles. The Hall–Kier alpha value is -2.96. The zero-order chi connectivity index (χ0) is 19.4. The van der Waals surface area contributed by atoms with Crippen LogP contribution in [0.5, 0.6) is 11.5 Å². The molecule has 3 heterocycles. The number of carbonyl (C=O) groups is 2. The highest BCUT2D eigenvalue weighted by Crippen LogP contribution is 2.35. The standard InChI is InChI=1S/C21H24N2O5/c24-19(22-10-7-16-2-1-11-26-16)5-8-21(9-6-20(25)23-21)13-15-3-4-17-18(12-15)28-14-27-17/h1-4,11-12H,5-10,13-14H2,(H,22,24)(H,23,25). The van der Waals surface area contributed by atoms with Crippen LogP contribution in [-0.2, 0) is 22.4 Å². The summed E-state index contributed by atoms with van der Waals surface area (Å²) >= 11 is 0. The first-order chi connectivity index (χ1) is 13.6. The van der Waals surface area contributed by atoms with Crippen molar-refractivity contribution in [2.24, 2.45) is 0 Å². The SMILES string of the molecule is O=C(CCC1(Cc2ccc3c(c2)OCO3)CCC(=O)N1)NCCc1ccco1. The lowest BCUT2D eigenvalue weighted by Gasteiger charge is -2.29. The summed E-state index contributed by atoms with van der Waals surface area (Å²) in [6.07, 6.45) is 5.13. The number of furan rings is 1. The molecule has 4 rings (SSSR count). The van der Waals surface area contributed by atoms with Gasteiger partial charge in [-0.1, -0.05) is 6.07 Å². The molecule has 0 spiro atoms. The molecule has 0 radical (unpaired) electrons. The Morgan fingerprint density at radius 3 is 2.89 bits per heavy atom. The second-order valence-electron chi connectivity index (χ2n) is 7.37. The molecule has 1 fully saturated rings. The maximum Gasteiger partial charge on any atom is 0.231 e. The van der Waals surface area contributed by atoms with E-state index in [1.807, 2.05) is 30.3 Å². The van der Waals surface area contributed by atoms with Crippen LogP contribution < -0.4 is 20.1 Å². The summed E-state index contributed by atoms with van der Waals surface area (Å²) in [5, 5.41) is 6.03. The summed E-state index contributed by atoms with van der Waals surface area (Å²) in [6.45, 7) is 0.771. The van der Waals surface area contributed by atoms with E-state index in [0.29, 0.717) is 38.6 Å². The number of rotatable bonds is 8. The van der Waals surface area contributed by atoms with Crippen molar-refractivity contribution in [3.05, 3.63) is 47.9 Å². The quantitative estimate of drug-likeness (QED) is 0.729. The molecule has 2 N–H and O–H groups in total. The van der Waals surface area contributed by atoms with E-state index in [0.717, 1.165) is 29.2 Å². The van der Waals surface area contributed by atoms with E-state index < -0.39 is 5.54 Å². The number of hydrogen-bond donors (Lipinski definition) is 2. The predicted octanol–water partition coefficient (Wildman–Crippen LogP) is 2.34. The highest BCUT2D eigenvalue weighted by Gasteiger charge is 2.38. The van der Waals surface area contributed by atoms with Gasteiger partial charge in [0.2, 0.25) is 18.6 Å². The monoisotopic (exact) mass is 384 g/mol. The third-order valence-corrected chi connectivity index (χ3v) is 5.32. The zero-order valence-corrected chi connectivity index (χ0v) is 15.7. The van der Waals surface area contributed by atoms with Crippen molar-refractivity contribution < 1.29 is 23.5 Å². The van der Waals surface area contributed by atoms with Crippen LogP contribution in [0.1, 0.15) is 37.0 Å². The van der Waals surface area contributed by atoms with Gasteiger partial charge in [0, 0.05) is 31.3 Å². The molecule has 2 aliphatic heterocycles. The zero-order valence-electron chi connectivity index (χ0n) is 15.7. The predicted molar refractivity (Wildman–Crippen MR) is 101 cm³/mol. The summed E-state index contributed by atoms with van der Waals surface area (Å²) < 4.78 is 16.1. The van der Waals surface area contributed by atoms with Crippen LogP contribution in [0.4, 0.5) is 0 Å². The van der Waals surface area contributed by atoms with Crippen LogP contribution >= 0.6 is 0 Å². The van der Waals surface area contributed by atoms with Crippen molar-refractivity contribution >= 4 is 11.8 Å². The number of fused-ring (bicyclic) bond motifs is 1. The second kappa shape index (κ2) is 7.96. The smallest absolute Gasteiger partial charge is 0.231 e. The fourth-order valence-electron chi connectivity index (χ4n) is 3.84. The van der Waals surface area contributed by atoms with Crippen LogP contribution in [0.25, 0.3) is 0 Å². The van der Waals surface area contributed by atoms with E-state index in [2.05, 4.69) is 10.6 Å². The van der Waals surface area contributed by atoms with Gasteiger partial charge in [0.15, 0.2) is 11.5 Å². The van der Waals surface area contributed by atoms with E-state index in [1.54, 1.807) is 6.26 Å². The Kier molecular flexibility index (Phi) is 5.23. The summed E-state index contributed by atoms with van der Waals surface area (Å²) in [6, 6.07) is 9.56. The molecule has 2 aromatic rings. The van der Waals surface area contributed by atoms with Gasteiger partial charge in [-0.3, -0.25) is 9.59 Å². The largest absolute Gasteiger partial charge is 0.469 e. The minimum atomic E-state index is -0.400. The minimum Gasteiger partial charge on any atom is -0.469 e. The van der Waals surface area contributed by atoms with E-state index >= 15 is 0 Å². The molecule has 0 saturated carbocycles. The molecular formula is C21H24N2O5. The summed E-state index contributed by atoms with van der Waals surface area (Å²) in [5.41, 5.74) is 0.660. The van der Waals surface area contributed by atoms with E-state index in [9.17, 15) is 9.59 Å². The maximum absolute atomic E-state index is 12.3. The van der Waals surface area contributed by atoms with E-state index in [1.165, 1.54) is 0 Å². The molecule has 7 heteroatoms. The van der Waals surface area contributed by atoms with Crippen molar-refractivity contribution in [3.63, 3.8) is 0 Å². The molecule has 7 nitrogen and oxygen atoms in total. The fourth-order valence-corrected chi connectivity index (χ4v) is 3.84. The third-order valence-electron chi connectivity index (χ3n) is 5.32. The Bertz CT molecular complexity index is 848. The molecule has 0 bridgehead atoms. The van der Waals surface area contributed by atoms with Gasteiger partial charge in [-0.15, -0.1) is 0 Å². The molecule has 28 heavy (non-hydrogen) atoms. The first-order valence-electron chi connectivity index (χ1n) is 9.61. The van der Waals surface area contributed by atoms with Crippen molar-refractivity contribution in [2.45, 2.75) is 44.1 Å². The van der Waals surface area contributed by atoms with E-state index in [-0.39, 0.29) is 18.6 Å². The number of carbonyl (C=O) groups excluding carboxylic acids is 2. The number of ether oxygens (including phenoxy) is 2. The Morgan fingerprint density at radius 2 is 2.11 bits per heavy atom. The summed E-state index contributed by atoms with van der Waals surface area (Å²) in [5.74, 6) is 2.34. The number of nitrogens with one attached hydrogen (secondary N) is 2. The fraction of sp³-hybridized carbons (Fsp3) is 0.429. The first-order valence-corrected chi connectivity index (χ1v) is 9.61. The lowest BCUT2D eigenvalue weighted by atomic mass is 9.85. The third kappa shape index (κ3) is 4.30. The van der Waals surface area contributed by atoms with Crippen molar-refractivity contribution in [3.8, 4) is 11.5 Å². The molecule has 1 atom stereocenters. The molecule has 148 valence electrons. The molecule has 2 aliphatic rings. The molecular weight excluding hydrogens is 360 g/mol. The summed E-state index contributed by atoms with van der Waals surface area (Å²) in [7, 11) is 0. The van der Waals surface area contributed by atoms with E-state index in [4.69, 9.17) is 13.9 Å². The highest BCUT2D eigenvalue weighted by molar-refractivity contribution is 5.80. The minimum absolute atomic E-state index is 0.0160. The van der Waals surface area contributed by atoms with Gasteiger partial charge in [0.25, 0.3) is 0 Å². The van der Waals surface area contributed by atoms with Crippen molar-refractivity contribution in [2.75, 3.05) is 13.3 Å². The maximum atomic E-state index is 12.3. The molecule has 2 amide bonds. The molecule has 1 aromatic carbocycles. The normalized spacial score (nSPS) is 20.2. The van der Waals surface area contributed by atoms with Gasteiger partial charge in [-0.2, -0.15) is 0 Å². The number of amides is 2. The Morgan fingerprint density at radius 1 is 1.21 bits per heavy atom. The second-order valence-corrected chi connectivity index (χ2v) is 7.37. The number of benzene rings is 1. The molecule has 1 aromatic heterocycles. The van der Waals surface area contributed by atoms with Gasteiger partial charge in [0.05, 0.1) is 6.26 Å². The lowest BCUT2D eigenvalue weighted by molar-refractivity contribution is -0.122. The molecule has 1 unspecified atom stereocenters. The lowest BCUT2D eigenvalue weighted by Crippen LogP contribution is -2.44. The Balaban J connectivity index is 1.33. The van der Waals surface area contributed by atoms with Gasteiger partial charge in [0.1, 0.15) is 5.76 Å². The highest BCUT2D eigenvalue weighted by atomic mass is 16.7. The number of hydrogen-bond acceptors (Lipinski definition) is 5. The summed E-state index contributed by atoms with van der Waals surface area (Å²) in [4.78, 5) is 24.2.